The number of ether oxygens (including phenoxy) is 1. The molecule has 2 heterocycles. The van der Waals surface area contributed by atoms with Gasteiger partial charge in [-0.2, -0.15) is 4.31 Å². The second-order valence-electron chi connectivity index (χ2n) is 7.20. The third kappa shape index (κ3) is 4.84. The summed E-state index contributed by atoms with van der Waals surface area (Å²) in [6.07, 6.45) is 2.42. The third-order valence-electron chi connectivity index (χ3n) is 5.02. The van der Waals surface area contributed by atoms with Crippen molar-refractivity contribution in [2.24, 2.45) is 0 Å². The highest BCUT2D eigenvalue weighted by atomic mass is 32.2. The number of piperidine rings is 1. The first-order valence-electron chi connectivity index (χ1n) is 9.92. The van der Waals surface area contributed by atoms with Crippen LogP contribution in [0.5, 0.6) is 0 Å². The van der Waals surface area contributed by atoms with Gasteiger partial charge in [0.15, 0.2) is 0 Å². The van der Waals surface area contributed by atoms with E-state index >= 15 is 0 Å². The maximum Gasteiger partial charge on any atom is 0.338 e. The topological polar surface area (TPSA) is 76.6 Å². The molecule has 0 bridgehead atoms. The first-order chi connectivity index (χ1) is 14.9. The Morgan fingerprint density at radius 3 is 2.58 bits per heavy atom. The highest BCUT2D eigenvalue weighted by molar-refractivity contribution is 7.89. The Hall–Kier alpha value is -2.62. The molecule has 0 aliphatic carbocycles. The number of esters is 1. The van der Waals surface area contributed by atoms with Gasteiger partial charge in [0.25, 0.3) is 0 Å². The van der Waals surface area contributed by atoms with Gasteiger partial charge in [0.05, 0.1) is 11.3 Å². The molecule has 4 rings (SSSR count). The predicted octanol–water partition coefficient (Wildman–Crippen LogP) is 4.48. The first-order valence-corrected chi connectivity index (χ1v) is 12.2. The van der Waals surface area contributed by atoms with Crippen molar-refractivity contribution in [1.29, 1.82) is 0 Å². The van der Waals surface area contributed by atoms with Crippen LogP contribution in [0.1, 0.15) is 35.3 Å². The zero-order valence-electron chi connectivity index (χ0n) is 16.7. The summed E-state index contributed by atoms with van der Waals surface area (Å²) in [6, 6.07) is 12.9. The standard InChI is InChI=1S/C22H21FN2O4S2/c23-19-10-9-17(13-20(19)31(27,28)25-11-5-2-6-12-25)22(26)29-14-18-15-30-21(24-18)16-7-3-1-4-8-16/h1,3-4,7-10,13,15H,2,5-6,11-12,14H2. The zero-order valence-corrected chi connectivity index (χ0v) is 18.3. The van der Waals surface area contributed by atoms with Crippen molar-refractivity contribution in [2.45, 2.75) is 30.8 Å². The number of nitrogens with zero attached hydrogens (tertiary/aromatic N) is 2. The van der Waals surface area contributed by atoms with E-state index in [1.54, 1.807) is 5.38 Å². The molecule has 31 heavy (non-hydrogen) atoms. The fraction of sp³-hybridized carbons (Fsp3) is 0.273. The van der Waals surface area contributed by atoms with E-state index in [9.17, 15) is 17.6 Å². The lowest BCUT2D eigenvalue weighted by Crippen LogP contribution is -2.36. The molecule has 3 aromatic rings. The van der Waals surface area contributed by atoms with Gasteiger partial charge in [-0.3, -0.25) is 0 Å². The minimum atomic E-state index is -4.00. The number of halogens is 1. The largest absolute Gasteiger partial charge is 0.456 e. The van der Waals surface area contributed by atoms with Crippen LogP contribution in [0.4, 0.5) is 4.39 Å². The molecule has 1 fully saturated rings. The van der Waals surface area contributed by atoms with Gasteiger partial charge in [-0.15, -0.1) is 11.3 Å². The summed E-state index contributed by atoms with van der Waals surface area (Å²) >= 11 is 1.44. The number of sulfonamides is 1. The monoisotopic (exact) mass is 460 g/mol. The molecule has 2 aromatic carbocycles. The van der Waals surface area contributed by atoms with Crippen LogP contribution in [0.2, 0.25) is 0 Å². The van der Waals surface area contributed by atoms with Gasteiger partial charge in [-0.1, -0.05) is 36.8 Å². The number of aromatic nitrogens is 1. The summed E-state index contributed by atoms with van der Waals surface area (Å²) in [4.78, 5) is 16.4. The van der Waals surface area contributed by atoms with Crippen LogP contribution in [-0.4, -0.2) is 36.8 Å². The summed E-state index contributed by atoms with van der Waals surface area (Å²) in [5.41, 5.74) is 1.53. The Morgan fingerprint density at radius 1 is 1.10 bits per heavy atom. The Bertz CT molecular complexity index is 1170. The van der Waals surface area contributed by atoms with E-state index < -0.39 is 26.7 Å². The van der Waals surface area contributed by atoms with Crippen LogP contribution in [0, 0.1) is 5.82 Å². The van der Waals surface area contributed by atoms with Crippen LogP contribution in [0.25, 0.3) is 10.6 Å². The molecule has 1 aliphatic rings. The molecule has 0 spiro atoms. The van der Waals surface area contributed by atoms with Gasteiger partial charge < -0.3 is 4.74 Å². The fourth-order valence-corrected chi connectivity index (χ4v) is 5.80. The Morgan fingerprint density at radius 2 is 1.84 bits per heavy atom. The van der Waals surface area contributed by atoms with E-state index in [1.807, 2.05) is 30.3 Å². The van der Waals surface area contributed by atoms with Crippen molar-refractivity contribution in [2.75, 3.05) is 13.1 Å². The smallest absolute Gasteiger partial charge is 0.338 e. The average molecular weight is 461 g/mol. The second-order valence-corrected chi connectivity index (χ2v) is 9.96. The van der Waals surface area contributed by atoms with E-state index in [-0.39, 0.29) is 12.2 Å². The van der Waals surface area contributed by atoms with E-state index in [1.165, 1.54) is 21.7 Å². The summed E-state index contributed by atoms with van der Waals surface area (Å²) < 4.78 is 46.5. The molecule has 0 amide bonds. The summed E-state index contributed by atoms with van der Waals surface area (Å²) in [5.74, 6) is -1.61. The molecule has 6 nitrogen and oxygen atoms in total. The second kappa shape index (κ2) is 9.25. The van der Waals surface area contributed by atoms with E-state index in [0.717, 1.165) is 42.0 Å². The Labute approximate surface area is 184 Å². The average Bonchev–Trinajstić information content (AvgIpc) is 3.28. The van der Waals surface area contributed by atoms with E-state index in [2.05, 4.69) is 4.98 Å². The van der Waals surface area contributed by atoms with Crippen molar-refractivity contribution in [3.8, 4) is 10.6 Å². The maximum absolute atomic E-state index is 14.3. The lowest BCUT2D eigenvalue weighted by atomic mass is 10.2. The fourth-order valence-electron chi connectivity index (χ4n) is 3.38. The molecule has 0 radical (unpaired) electrons. The normalized spacial score (nSPS) is 15.0. The zero-order chi connectivity index (χ0) is 21.8. The molecule has 0 N–H and O–H groups in total. The minimum Gasteiger partial charge on any atom is -0.456 e. The number of benzene rings is 2. The SMILES string of the molecule is O=C(OCc1csc(-c2ccccc2)n1)c1ccc(F)c(S(=O)(=O)N2CCCCC2)c1. The van der Waals surface area contributed by atoms with Gasteiger partial charge in [-0.05, 0) is 31.0 Å². The molecule has 1 aliphatic heterocycles. The van der Waals surface area contributed by atoms with Gasteiger partial charge in [-0.25, -0.2) is 22.6 Å². The molecular formula is C22H21FN2O4S2. The lowest BCUT2D eigenvalue weighted by molar-refractivity contribution is 0.0468. The first kappa shape index (κ1) is 21.6. The minimum absolute atomic E-state index is 0.0181. The number of carbonyl (C=O) groups excluding carboxylic acids is 1. The van der Waals surface area contributed by atoms with Gasteiger partial charge >= 0.3 is 5.97 Å². The van der Waals surface area contributed by atoms with Gasteiger partial charge in [0.1, 0.15) is 22.3 Å². The molecule has 1 saturated heterocycles. The number of rotatable bonds is 6. The van der Waals surface area contributed by atoms with E-state index in [4.69, 9.17) is 4.74 Å². The third-order valence-corrected chi connectivity index (χ3v) is 7.88. The van der Waals surface area contributed by atoms with Crippen molar-refractivity contribution in [3.05, 3.63) is 71.0 Å². The number of carbonyl (C=O) groups is 1. The quantitative estimate of drug-likeness (QED) is 0.507. The maximum atomic E-state index is 14.3. The molecule has 0 unspecified atom stereocenters. The van der Waals surface area contributed by atoms with Crippen LogP contribution in [0.3, 0.4) is 0 Å². The van der Waals surface area contributed by atoms with Crippen molar-refractivity contribution >= 4 is 27.3 Å². The Kier molecular flexibility index (Phi) is 6.45. The number of hydrogen-bond acceptors (Lipinski definition) is 6. The number of hydrogen-bond donors (Lipinski definition) is 0. The van der Waals surface area contributed by atoms with Crippen molar-refractivity contribution in [3.63, 3.8) is 0 Å². The predicted molar refractivity (Wildman–Crippen MR) is 116 cm³/mol. The molecule has 9 heteroatoms. The highest BCUT2D eigenvalue weighted by Crippen LogP contribution is 2.26. The van der Waals surface area contributed by atoms with Crippen molar-refractivity contribution in [1.82, 2.24) is 9.29 Å². The molecule has 1 aromatic heterocycles. The van der Waals surface area contributed by atoms with Gasteiger partial charge in [0.2, 0.25) is 10.0 Å². The Balaban J connectivity index is 1.47. The molecule has 0 atom stereocenters. The van der Waals surface area contributed by atoms with Crippen LogP contribution in [0.15, 0.2) is 58.8 Å². The molecule has 162 valence electrons. The van der Waals surface area contributed by atoms with E-state index in [0.29, 0.717) is 18.8 Å². The van der Waals surface area contributed by atoms with Crippen LogP contribution in [-0.2, 0) is 21.4 Å². The van der Waals surface area contributed by atoms with Gasteiger partial charge in [0, 0.05) is 24.0 Å². The molecular weight excluding hydrogens is 439 g/mol. The highest BCUT2D eigenvalue weighted by Gasteiger charge is 2.29. The van der Waals surface area contributed by atoms with Crippen molar-refractivity contribution < 1.29 is 22.3 Å². The summed E-state index contributed by atoms with van der Waals surface area (Å²) in [7, 11) is -4.00. The lowest BCUT2D eigenvalue weighted by Gasteiger charge is -2.26. The number of thiazole rings is 1. The molecule has 0 saturated carbocycles. The summed E-state index contributed by atoms with van der Waals surface area (Å²) in [6.45, 7) is 0.641. The van der Waals surface area contributed by atoms with Crippen LogP contribution < -0.4 is 0 Å². The summed E-state index contributed by atoms with van der Waals surface area (Å²) in [5, 5.41) is 2.61. The van der Waals surface area contributed by atoms with Crippen LogP contribution >= 0.6 is 11.3 Å².